The van der Waals surface area contributed by atoms with Gasteiger partial charge in [-0.15, -0.1) is 0 Å². The molecule has 35 heavy (non-hydrogen) atoms. The first kappa shape index (κ1) is 23.0. The summed E-state index contributed by atoms with van der Waals surface area (Å²) in [5, 5.41) is 1.75. The quantitative estimate of drug-likeness (QED) is 0.291. The van der Waals surface area contributed by atoms with Gasteiger partial charge in [0.25, 0.3) is 0 Å². The molecule has 10 unspecified atom stereocenters. The van der Waals surface area contributed by atoms with Crippen LogP contribution in [0.1, 0.15) is 25.7 Å². The summed E-state index contributed by atoms with van der Waals surface area (Å²) in [6.07, 6.45) is -1.58. The first-order valence-electron chi connectivity index (χ1n) is 11.8. The van der Waals surface area contributed by atoms with Gasteiger partial charge in [0.1, 0.15) is 24.4 Å². The Labute approximate surface area is 196 Å². The number of ether oxygens (including phenoxy) is 4. The van der Waals surface area contributed by atoms with E-state index in [9.17, 15) is 36.7 Å². The van der Waals surface area contributed by atoms with Crippen molar-refractivity contribution in [2.75, 3.05) is 13.1 Å². The van der Waals surface area contributed by atoms with Crippen LogP contribution in [0.4, 0.5) is 17.6 Å². The van der Waals surface area contributed by atoms with Crippen LogP contribution in [0.2, 0.25) is 0 Å². The average molecular weight is 505 g/mol. The Morgan fingerprint density at radius 3 is 1.57 bits per heavy atom. The molecule has 192 valence electrons. The minimum absolute atomic E-state index is 0.157. The highest BCUT2D eigenvalue weighted by Gasteiger charge is 2.65. The number of carbonyl (C=O) groups is 4. The predicted octanol–water partition coefficient (Wildman–Crippen LogP) is 0.833. The van der Waals surface area contributed by atoms with Crippen LogP contribution in [0.15, 0.2) is 0 Å². The van der Waals surface area contributed by atoms with Crippen LogP contribution >= 0.6 is 0 Å². The Bertz CT molecular complexity index is 915. The van der Waals surface area contributed by atoms with E-state index in [1.165, 1.54) is 0 Å². The topological polar surface area (TPSA) is 117 Å². The molecule has 9 nitrogen and oxygen atoms in total. The lowest BCUT2D eigenvalue weighted by Crippen LogP contribution is -2.50. The molecule has 10 atom stereocenters. The summed E-state index contributed by atoms with van der Waals surface area (Å²) >= 11 is 0. The Morgan fingerprint density at radius 1 is 0.771 bits per heavy atom. The summed E-state index contributed by atoms with van der Waals surface area (Å²) in [6.45, 7) is -2.97. The number of halogens is 4. The van der Waals surface area contributed by atoms with Gasteiger partial charge in [0.05, 0.1) is 24.9 Å². The molecule has 0 amide bonds. The third kappa shape index (κ3) is 3.44. The molecule has 4 aliphatic carbocycles. The summed E-state index contributed by atoms with van der Waals surface area (Å²) in [5.74, 6) is -14.4. The number of rotatable bonds is 8. The maximum Gasteiger partial charge on any atom is 0.378 e. The normalized spacial score (nSPS) is 42.4. The lowest BCUT2D eigenvalue weighted by atomic mass is 9.88. The van der Waals surface area contributed by atoms with Crippen molar-refractivity contribution in [2.24, 2.45) is 35.5 Å². The zero-order valence-corrected chi connectivity index (χ0v) is 18.3. The fourth-order valence-corrected chi connectivity index (χ4v) is 7.07. The van der Waals surface area contributed by atoms with E-state index in [-0.39, 0.29) is 35.5 Å². The largest absolute Gasteiger partial charge is 0.458 e. The predicted molar refractivity (Wildman–Crippen MR) is 102 cm³/mol. The molecule has 6 rings (SSSR count). The van der Waals surface area contributed by atoms with Crippen molar-refractivity contribution in [3.05, 3.63) is 0 Å². The average Bonchev–Trinajstić information content (AvgIpc) is 3.57. The molecular weight excluding hydrogens is 482 g/mol. The van der Waals surface area contributed by atoms with Gasteiger partial charge in [0, 0.05) is 23.7 Å². The second-order valence-corrected chi connectivity index (χ2v) is 10.6. The van der Waals surface area contributed by atoms with Crippen molar-refractivity contribution < 1.29 is 55.7 Å². The highest BCUT2D eigenvalue weighted by Crippen LogP contribution is 2.56. The zero-order chi connectivity index (χ0) is 24.9. The monoisotopic (exact) mass is 505 g/mol. The summed E-state index contributed by atoms with van der Waals surface area (Å²) in [4.78, 5) is 47.7. The minimum Gasteiger partial charge on any atom is -0.458 e. The van der Waals surface area contributed by atoms with Crippen molar-refractivity contribution in [3.8, 4) is 0 Å². The van der Waals surface area contributed by atoms with E-state index < -0.39 is 73.2 Å². The van der Waals surface area contributed by atoms with Gasteiger partial charge in [-0.1, -0.05) is 0 Å². The summed E-state index contributed by atoms with van der Waals surface area (Å²) in [7, 11) is 0. The number of hydrogen-bond acceptors (Lipinski definition) is 9. The van der Waals surface area contributed by atoms with Crippen LogP contribution < -0.4 is 5.32 Å². The number of fused-ring (bicyclic) bond motifs is 2. The van der Waals surface area contributed by atoms with Crippen molar-refractivity contribution in [3.63, 3.8) is 0 Å². The number of carbonyl (C=O) groups excluding carboxylic acids is 4. The van der Waals surface area contributed by atoms with Crippen molar-refractivity contribution >= 4 is 23.9 Å². The molecule has 1 N–H and O–H groups in total. The standard InChI is InChI=1S/C22H23F4NO8/c23-21(24,19(30)34-13-7-1-9-11(3-7)17(28)32-15(9)13)5-27-6-22(25,26)20(31)35-14-8-2-10-12(4-8)18(29)33-16(10)14/h7-16,27H,1-6H2. The molecule has 2 saturated heterocycles. The third-order valence-corrected chi connectivity index (χ3v) is 8.61. The molecule has 2 aliphatic heterocycles. The van der Waals surface area contributed by atoms with Crippen molar-refractivity contribution in [2.45, 2.75) is 61.9 Å². The smallest absolute Gasteiger partial charge is 0.378 e. The van der Waals surface area contributed by atoms with Gasteiger partial charge >= 0.3 is 35.7 Å². The van der Waals surface area contributed by atoms with E-state index in [4.69, 9.17) is 18.9 Å². The molecule has 6 aliphatic rings. The number of alkyl halides is 4. The fraction of sp³-hybridized carbons (Fsp3) is 0.818. The summed E-state index contributed by atoms with van der Waals surface area (Å²) in [5.41, 5.74) is 0. The molecule has 13 heteroatoms. The van der Waals surface area contributed by atoms with Gasteiger partial charge in [-0.25, -0.2) is 9.59 Å². The zero-order valence-electron chi connectivity index (χ0n) is 18.3. The van der Waals surface area contributed by atoms with Crippen LogP contribution in [0.25, 0.3) is 0 Å². The summed E-state index contributed by atoms with van der Waals surface area (Å²) in [6, 6.07) is 0. The van der Waals surface area contributed by atoms with Gasteiger partial charge in [0.15, 0.2) is 0 Å². The first-order valence-corrected chi connectivity index (χ1v) is 11.8. The van der Waals surface area contributed by atoms with E-state index in [0.717, 1.165) is 0 Å². The van der Waals surface area contributed by atoms with Crippen LogP contribution in [0, 0.1) is 35.5 Å². The third-order valence-electron chi connectivity index (χ3n) is 8.61. The second-order valence-electron chi connectivity index (χ2n) is 10.6. The molecule has 0 spiro atoms. The second kappa shape index (κ2) is 7.53. The maximum absolute atomic E-state index is 14.3. The maximum atomic E-state index is 14.3. The molecule has 6 fully saturated rings. The number of hydrogen-bond donors (Lipinski definition) is 1. The van der Waals surface area contributed by atoms with Gasteiger partial charge in [-0.2, -0.15) is 17.6 Å². The van der Waals surface area contributed by atoms with Crippen LogP contribution in [0.3, 0.4) is 0 Å². The van der Waals surface area contributed by atoms with Gasteiger partial charge in [-0.05, 0) is 25.7 Å². The molecule has 0 aromatic carbocycles. The lowest BCUT2D eigenvalue weighted by molar-refractivity contribution is -0.188. The minimum atomic E-state index is -4.15. The van der Waals surface area contributed by atoms with E-state index in [0.29, 0.717) is 25.7 Å². The molecule has 4 bridgehead atoms. The van der Waals surface area contributed by atoms with E-state index in [2.05, 4.69) is 0 Å². The van der Waals surface area contributed by atoms with Gasteiger partial charge in [0.2, 0.25) is 0 Å². The number of nitrogens with one attached hydrogen (secondary N) is 1. The van der Waals surface area contributed by atoms with Crippen LogP contribution in [0.5, 0.6) is 0 Å². The molecular formula is C22H23F4NO8. The summed E-state index contributed by atoms with van der Waals surface area (Å²) < 4.78 is 77.5. The van der Waals surface area contributed by atoms with Crippen molar-refractivity contribution in [1.82, 2.24) is 5.32 Å². The van der Waals surface area contributed by atoms with Crippen LogP contribution in [-0.4, -0.2) is 73.2 Å². The first-order chi connectivity index (χ1) is 16.5. The van der Waals surface area contributed by atoms with E-state index in [1.807, 2.05) is 0 Å². The Hall–Kier alpha value is -2.44. The molecule has 0 aromatic heterocycles. The fourth-order valence-electron chi connectivity index (χ4n) is 7.07. The van der Waals surface area contributed by atoms with E-state index >= 15 is 0 Å². The Morgan fingerprint density at radius 2 is 1.17 bits per heavy atom. The molecule has 0 aromatic rings. The molecule has 4 saturated carbocycles. The highest BCUT2D eigenvalue weighted by atomic mass is 19.3. The lowest BCUT2D eigenvalue weighted by Gasteiger charge is -2.28. The SMILES string of the molecule is O=C1OC2C3CC(CC13)C2OC(=O)C(F)(F)CNCC(F)(F)C(=O)OC1C2CC3C(=O)OC1C3C2. The van der Waals surface area contributed by atoms with Crippen molar-refractivity contribution in [1.29, 1.82) is 0 Å². The Kier molecular flexibility index (Phi) is 4.95. The molecule has 0 radical (unpaired) electrons. The Balaban J connectivity index is 0.996. The highest BCUT2D eigenvalue weighted by molar-refractivity contribution is 5.80. The molecule has 2 heterocycles. The van der Waals surface area contributed by atoms with Gasteiger partial charge < -0.3 is 24.3 Å². The number of esters is 4. The van der Waals surface area contributed by atoms with E-state index in [1.54, 1.807) is 5.32 Å². The van der Waals surface area contributed by atoms with Crippen LogP contribution in [-0.2, 0) is 38.1 Å². The van der Waals surface area contributed by atoms with Gasteiger partial charge in [-0.3, -0.25) is 9.59 Å².